The fraction of sp³-hybridized carbons (Fsp3) is 0.632. The van der Waals surface area contributed by atoms with Crippen molar-refractivity contribution < 1.29 is 4.79 Å². The van der Waals surface area contributed by atoms with E-state index in [0.29, 0.717) is 21.6 Å². The van der Waals surface area contributed by atoms with Gasteiger partial charge in [0.2, 0.25) is 0 Å². The number of carbonyl (C=O) groups is 1. The Labute approximate surface area is 156 Å². The molecule has 0 radical (unpaired) electrons. The molecule has 2 aliphatic rings. The van der Waals surface area contributed by atoms with Crippen molar-refractivity contribution in [1.29, 1.82) is 0 Å². The molecule has 140 valence electrons. The minimum absolute atomic E-state index is 0.00843. The van der Waals surface area contributed by atoms with Crippen molar-refractivity contribution in [3.05, 3.63) is 26.6 Å². The Bertz CT molecular complexity index is 908. The van der Waals surface area contributed by atoms with Crippen LogP contribution in [0.2, 0.25) is 0 Å². The maximum atomic E-state index is 13.0. The van der Waals surface area contributed by atoms with Crippen LogP contribution in [-0.2, 0) is 13.0 Å². The van der Waals surface area contributed by atoms with Gasteiger partial charge in [-0.2, -0.15) is 0 Å². The first-order chi connectivity index (χ1) is 12.5. The van der Waals surface area contributed by atoms with Gasteiger partial charge in [-0.1, -0.05) is 19.3 Å². The van der Waals surface area contributed by atoms with E-state index < -0.39 is 0 Å². The van der Waals surface area contributed by atoms with E-state index in [9.17, 15) is 9.59 Å². The molecule has 3 N–H and O–H groups in total. The molecule has 2 aromatic heterocycles. The van der Waals surface area contributed by atoms with Crippen molar-refractivity contribution in [2.24, 2.45) is 5.73 Å². The van der Waals surface area contributed by atoms with E-state index in [1.54, 1.807) is 0 Å². The van der Waals surface area contributed by atoms with E-state index in [2.05, 4.69) is 5.32 Å². The summed E-state index contributed by atoms with van der Waals surface area (Å²) in [5.74, 6) is 0.750. The Morgan fingerprint density at radius 3 is 2.77 bits per heavy atom. The van der Waals surface area contributed by atoms with E-state index >= 15 is 0 Å². The maximum Gasteiger partial charge on any atom is 0.262 e. The van der Waals surface area contributed by atoms with E-state index in [1.165, 1.54) is 11.3 Å². The second-order valence-electron chi connectivity index (χ2n) is 7.68. The summed E-state index contributed by atoms with van der Waals surface area (Å²) in [4.78, 5) is 32.0. The Hall–Kier alpha value is -1.73. The molecule has 0 spiro atoms. The highest BCUT2D eigenvalue weighted by molar-refractivity contribution is 7.20. The molecule has 1 aliphatic heterocycles. The van der Waals surface area contributed by atoms with Crippen molar-refractivity contribution in [3.8, 4) is 0 Å². The van der Waals surface area contributed by atoms with Gasteiger partial charge in [0.05, 0.1) is 15.8 Å². The predicted octanol–water partition coefficient (Wildman–Crippen LogP) is 2.49. The molecule has 7 heteroatoms. The molecule has 0 atom stereocenters. The number of rotatable bonds is 3. The van der Waals surface area contributed by atoms with Crippen LogP contribution >= 0.6 is 11.3 Å². The molecule has 1 aliphatic carbocycles. The number of hydrogen-bond donors (Lipinski definition) is 2. The molecular formula is C19H26N4O2S. The molecule has 26 heavy (non-hydrogen) atoms. The fourth-order valence-corrected chi connectivity index (χ4v) is 5.44. The number of fused-ring (bicyclic) bond motifs is 2. The van der Waals surface area contributed by atoms with E-state index in [1.807, 2.05) is 11.5 Å². The lowest BCUT2D eigenvalue weighted by molar-refractivity contribution is 0.0907. The van der Waals surface area contributed by atoms with Gasteiger partial charge in [0, 0.05) is 19.5 Å². The third kappa shape index (κ3) is 2.87. The third-order valence-corrected chi connectivity index (χ3v) is 7.13. The van der Waals surface area contributed by atoms with Crippen LogP contribution in [0.4, 0.5) is 0 Å². The highest BCUT2D eigenvalue weighted by Gasteiger charge is 2.35. The molecule has 1 fully saturated rings. The van der Waals surface area contributed by atoms with Crippen LogP contribution in [0.15, 0.2) is 4.79 Å². The molecule has 0 aromatic carbocycles. The zero-order chi connectivity index (χ0) is 18.3. The molecular weight excluding hydrogens is 348 g/mol. The fourth-order valence-electron chi connectivity index (χ4n) is 4.36. The Morgan fingerprint density at radius 2 is 2.04 bits per heavy atom. The monoisotopic (exact) mass is 374 g/mol. The molecule has 1 saturated carbocycles. The van der Waals surface area contributed by atoms with Gasteiger partial charge in [-0.25, -0.2) is 4.98 Å². The number of amides is 1. The second-order valence-corrected chi connectivity index (χ2v) is 8.68. The van der Waals surface area contributed by atoms with Crippen LogP contribution in [0, 0.1) is 6.92 Å². The number of nitrogens with two attached hydrogens (primary N) is 1. The van der Waals surface area contributed by atoms with Crippen LogP contribution in [0.5, 0.6) is 0 Å². The summed E-state index contributed by atoms with van der Waals surface area (Å²) < 4.78 is 1.81. The van der Waals surface area contributed by atoms with Crippen LogP contribution in [0.25, 0.3) is 10.2 Å². The number of nitrogens with zero attached hydrogens (tertiary/aromatic N) is 2. The summed E-state index contributed by atoms with van der Waals surface area (Å²) in [7, 11) is 0. The zero-order valence-corrected chi connectivity index (χ0v) is 16.1. The summed E-state index contributed by atoms with van der Waals surface area (Å²) in [5, 5.41) is 3.78. The van der Waals surface area contributed by atoms with Gasteiger partial charge in [-0.05, 0) is 38.2 Å². The lowest BCUT2D eigenvalue weighted by Gasteiger charge is -2.28. The smallest absolute Gasteiger partial charge is 0.262 e. The number of hydrogen-bond acceptors (Lipinski definition) is 5. The highest BCUT2D eigenvalue weighted by atomic mass is 32.1. The van der Waals surface area contributed by atoms with Crippen molar-refractivity contribution >= 4 is 27.5 Å². The lowest BCUT2D eigenvalue weighted by atomic mass is 9.97. The van der Waals surface area contributed by atoms with Gasteiger partial charge in [0.25, 0.3) is 11.5 Å². The minimum atomic E-state index is -0.292. The van der Waals surface area contributed by atoms with Gasteiger partial charge >= 0.3 is 0 Å². The number of aryl methyl sites for hydroxylation is 2. The average Bonchev–Trinajstić information content (AvgIpc) is 3.13. The number of carbonyl (C=O) groups excluding carboxylic acids is 1. The number of thiophene rings is 1. The number of nitrogens with one attached hydrogen (secondary N) is 1. The van der Waals surface area contributed by atoms with Gasteiger partial charge in [-0.3, -0.25) is 14.2 Å². The lowest BCUT2D eigenvalue weighted by Crippen LogP contribution is -2.51. The van der Waals surface area contributed by atoms with Crippen molar-refractivity contribution in [2.45, 2.75) is 70.4 Å². The summed E-state index contributed by atoms with van der Waals surface area (Å²) in [5.41, 5.74) is 6.42. The summed E-state index contributed by atoms with van der Waals surface area (Å²) >= 11 is 1.34. The Balaban J connectivity index is 1.75. The standard InChI is InChI=1S/C19H26N4O2S/c1-12-14-17(21-13-7-3-2-6-10-23(13)18(14)25)26-15(12)16(24)22-19(11-20)8-4-5-9-19/h2-11,20H2,1H3,(H,22,24). The van der Waals surface area contributed by atoms with Crippen molar-refractivity contribution in [2.75, 3.05) is 6.54 Å². The number of aromatic nitrogens is 2. The highest BCUT2D eigenvalue weighted by Crippen LogP contribution is 2.32. The van der Waals surface area contributed by atoms with Crippen LogP contribution < -0.4 is 16.6 Å². The minimum Gasteiger partial charge on any atom is -0.345 e. The third-order valence-electron chi connectivity index (χ3n) is 5.95. The summed E-state index contributed by atoms with van der Waals surface area (Å²) in [6, 6.07) is 0. The predicted molar refractivity (Wildman–Crippen MR) is 104 cm³/mol. The van der Waals surface area contributed by atoms with Crippen LogP contribution in [0.3, 0.4) is 0 Å². The van der Waals surface area contributed by atoms with Gasteiger partial charge in [-0.15, -0.1) is 11.3 Å². The van der Waals surface area contributed by atoms with Crippen molar-refractivity contribution in [1.82, 2.24) is 14.9 Å². The van der Waals surface area contributed by atoms with E-state index in [-0.39, 0.29) is 17.0 Å². The van der Waals surface area contributed by atoms with Gasteiger partial charge in [0.1, 0.15) is 10.7 Å². The summed E-state index contributed by atoms with van der Waals surface area (Å²) in [6.07, 6.45) is 8.08. The van der Waals surface area contributed by atoms with Crippen molar-refractivity contribution in [3.63, 3.8) is 0 Å². The molecule has 0 saturated heterocycles. The first kappa shape index (κ1) is 17.7. The SMILES string of the molecule is Cc1c(C(=O)NC2(CN)CCCC2)sc2nc3n(c(=O)c12)CCCCC3. The quantitative estimate of drug-likeness (QED) is 0.864. The molecule has 2 aromatic rings. The van der Waals surface area contributed by atoms with Gasteiger partial charge in [0.15, 0.2) is 0 Å². The molecule has 4 rings (SSSR count). The topological polar surface area (TPSA) is 90.0 Å². The van der Waals surface area contributed by atoms with E-state index in [4.69, 9.17) is 10.7 Å². The zero-order valence-electron chi connectivity index (χ0n) is 15.3. The largest absolute Gasteiger partial charge is 0.345 e. The van der Waals surface area contributed by atoms with Crippen LogP contribution in [-0.4, -0.2) is 27.5 Å². The van der Waals surface area contributed by atoms with E-state index in [0.717, 1.165) is 69.3 Å². The molecule has 0 unspecified atom stereocenters. The first-order valence-corrected chi connectivity index (χ1v) is 10.4. The first-order valence-electron chi connectivity index (χ1n) is 9.60. The van der Waals surface area contributed by atoms with Gasteiger partial charge < -0.3 is 11.1 Å². The Morgan fingerprint density at radius 1 is 1.27 bits per heavy atom. The molecule has 6 nitrogen and oxygen atoms in total. The van der Waals surface area contributed by atoms with Crippen LogP contribution in [0.1, 0.15) is 66.0 Å². The second kappa shape index (κ2) is 6.78. The summed E-state index contributed by atoms with van der Waals surface area (Å²) in [6.45, 7) is 3.05. The molecule has 3 heterocycles. The average molecular weight is 375 g/mol. The maximum absolute atomic E-state index is 13.0. The molecule has 1 amide bonds. The molecule has 0 bridgehead atoms. The Kier molecular flexibility index (Phi) is 4.61. The normalized spacial score (nSPS) is 19.3.